The molecule has 5 rings (SSSR count). The summed E-state index contributed by atoms with van der Waals surface area (Å²) in [7, 11) is 1.50. The summed E-state index contributed by atoms with van der Waals surface area (Å²) < 4.78 is 10.6. The predicted octanol–water partition coefficient (Wildman–Crippen LogP) is 1.69. The molecule has 3 atom stereocenters. The van der Waals surface area contributed by atoms with Gasteiger partial charge >= 0.3 is 6.09 Å². The maximum atomic E-state index is 12.5. The van der Waals surface area contributed by atoms with Gasteiger partial charge in [-0.05, 0) is 30.3 Å². The van der Waals surface area contributed by atoms with Crippen molar-refractivity contribution in [1.82, 2.24) is 15.3 Å². The van der Waals surface area contributed by atoms with Crippen LogP contribution >= 0.6 is 11.8 Å². The van der Waals surface area contributed by atoms with Crippen LogP contribution in [0.25, 0.3) is 11.0 Å². The van der Waals surface area contributed by atoms with Gasteiger partial charge in [-0.2, -0.15) is 0 Å². The van der Waals surface area contributed by atoms with Crippen LogP contribution < -0.4 is 20.3 Å². The third kappa shape index (κ3) is 4.93. The Hall–Kier alpha value is -3.45. The van der Waals surface area contributed by atoms with Crippen molar-refractivity contribution in [2.45, 2.75) is 23.2 Å². The van der Waals surface area contributed by atoms with Gasteiger partial charge < -0.3 is 30.3 Å². The van der Waals surface area contributed by atoms with Gasteiger partial charge in [0.15, 0.2) is 0 Å². The number of rotatable bonds is 8. The molecule has 2 aliphatic heterocycles. The molecule has 188 valence electrons. The number of aliphatic hydroxyl groups is 2. The number of aromatic nitrogens is 2. The molecule has 1 aromatic carbocycles. The van der Waals surface area contributed by atoms with E-state index in [1.54, 1.807) is 30.5 Å². The minimum absolute atomic E-state index is 0.0606. The minimum Gasteiger partial charge on any atom is -0.481 e. The number of anilines is 2. The molecule has 0 saturated carbocycles. The van der Waals surface area contributed by atoms with Gasteiger partial charge in [-0.3, -0.25) is 14.7 Å². The third-order valence-electron chi connectivity index (χ3n) is 5.99. The highest BCUT2D eigenvalue weighted by Gasteiger charge is 2.33. The zero-order valence-electron chi connectivity index (χ0n) is 19.4. The van der Waals surface area contributed by atoms with Crippen molar-refractivity contribution in [1.29, 1.82) is 0 Å². The van der Waals surface area contributed by atoms with E-state index in [2.05, 4.69) is 20.6 Å². The van der Waals surface area contributed by atoms with Crippen LogP contribution in [0.5, 0.6) is 5.88 Å². The number of carbonyl (C=O) groups excluding carboxylic acids is 2. The summed E-state index contributed by atoms with van der Waals surface area (Å²) in [4.78, 5) is 35.2. The van der Waals surface area contributed by atoms with Crippen LogP contribution in [0.1, 0.15) is 11.7 Å². The third-order valence-corrected chi connectivity index (χ3v) is 7.06. The van der Waals surface area contributed by atoms with Gasteiger partial charge in [-0.25, -0.2) is 9.78 Å². The number of nitrogens with one attached hydrogen (secondary N) is 2. The lowest BCUT2D eigenvalue weighted by atomic mass is 10.0. The molecule has 12 heteroatoms. The zero-order valence-corrected chi connectivity index (χ0v) is 20.2. The first-order chi connectivity index (χ1) is 17.4. The minimum atomic E-state index is -1.21. The topological polar surface area (TPSA) is 146 Å². The highest BCUT2D eigenvalue weighted by Crippen LogP contribution is 2.35. The number of hydrogen-bond acceptors (Lipinski definition) is 10. The van der Waals surface area contributed by atoms with E-state index in [0.717, 1.165) is 4.90 Å². The Kier molecular flexibility index (Phi) is 6.92. The number of methoxy groups -OCH3 is 1. The molecule has 4 N–H and O–H groups in total. The summed E-state index contributed by atoms with van der Waals surface area (Å²) >= 11 is 1.45. The molecule has 0 bridgehead atoms. The number of ether oxygens (including phenoxy) is 2. The Morgan fingerprint density at radius 3 is 2.97 bits per heavy atom. The van der Waals surface area contributed by atoms with E-state index in [0.29, 0.717) is 46.1 Å². The number of carbonyl (C=O) groups is 2. The number of nitrogens with zero attached hydrogens (tertiary/aromatic N) is 3. The lowest BCUT2D eigenvalue weighted by molar-refractivity contribution is -0.113. The molecule has 11 nitrogen and oxygen atoms in total. The van der Waals surface area contributed by atoms with E-state index in [9.17, 15) is 19.8 Å². The van der Waals surface area contributed by atoms with Gasteiger partial charge in [0, 0.05) is 41.5 Å². The SMILES string of the molecule is COc1ccc2nccc(C(O)C(O)CNCC3CN(c4ccc5c(c4)NC(=O)CS5)C(=O)O3)c2n1. The van der Waals surface area contributed by atoms with Crippen LogP contribution in [0.3, 0.4) is 0 Å². The fourth-order valence-corrected chi connectivity index (χ4v) is 4.96. The van der Waals surface area contributed by atoms with Crippen molar-refractivity contribution in [3.63, 3.8) is 0 Å². The largest absolute Gasteiger partial charge is 0.481 e. The first-order valence-electron chi connectivity index (χ1n) is 11.3. The quantitative estimate of drug-likeness (QED) is 0.352. The predicted molar refractivity (Wildman–Crippen MR) is 133 cm³/mol. The smallest absolute Gasteiger partial charge is 0.414 e. The molecular weight excluding hydrogens is 486 g/mol. The Bertz CT molecular complexity index is 1310. The maximum absolute atomic E-state index is 12.5. The Morgan fingerprint density at radius 2 is 2.14 bits per heavy atom. The molecule has 4 heterocycles. The molecule has 2 aliphatic rings. The van der Waals surface area contributed by atoms with Gasteiger partial charge in [0.2, 0.25) is 11.8 Å². The number of fused-ring (bicyclic) bond motifs is 2. The summed E-state index contributed by atoms with van der Waals surface area (Å²) in [6.07, 6.45) is -1.74. The second-order valence-electron chi connectivity index (χ2n) is 8.43. The lowest BCUT2D eigenvalue weighted by Crippen LogP contribution is -2.37. The number of benzene rings is 1. The summed E-state index contributed by atoms with van der Waals surface area (Å²) in [6, 6.07) is 10.5. The molecule has 0 spiro atoms. The molecule has 1 saturated heterocycles. The number of hydrogen-bond donors (Lipinski definition) is 4. The molecule has 3 unspecified atom stereocenters. The van der Waals surface area contributed by atoms with Crippen LogP contribution in [-0.4, -0.2) is 76.9 Å². The van der Waals surface area contributed by atoms with Crippen molar-refractivity contribution in [3.8, 4) is 5.88 Å². The van der Waals surface area contributed by atoms with E-state index in [1.807, 2.05) is 12.1 Å². The van der Waals surface area contributed by atoms with Crippen molar-refractivity contribution in [3.05, 3.63) is 48.2 Å². The normalized spacial score (nSPS) is 19.0. The van der Waals surface area contributed by atoms with Crippen LogP contribution in [0, 0.1) is 0 Å². The monoisotopic (exact) mass is 511 g/mol. The fraction of sp³-hybridized carbons (Fsp3) is 0.333. The van der Waals surface area contributed by atoms with Crippen LogP contribution in [0.15, 0.2) is 47.5 Å². The first-order valence-corrected chi connectivity index (χ1v) is 12.3. The van der Waals surface area contributed by atoms with Crippen LogP contribution in [0.2, 0.25) is 0 Å². The van der Waals surface area contributed by atoms with Gasteiger partial charge in [0.05, 0.1) is 42.2 Å². The van der Waals surface area contributed by atoms with E-state index >= 15 is 0 Å². The first kappa shape index (κ1) is 24.3. The summed E-state index contributed by atoms with van der Waals surface area (Å²) in [5.74, 6) is 0.671. The van der Waals surface area contributed by atoms with Gasteiger partial charge in [-0.15, -0.1) is 11.8 Å². The molecule has 2 aromatic heterocycles. The van der Waals surface area contributed by atoms with E-state index in [4.69, 9.17) is 9.47 Å². The molecular formula is C24H25N5O6S. The number of aliphatic hydroxyl groups excluding tert-OH is 2. The zero-order chi connectivity index (χ0) is 25.2. The Balaban J connectivity index is 1.18. The van der Waals surface area contributed by atoms with Gasteiger partial charge in [-0.1, -0.05) is 0 Å². The molecule has 0 aliphatic carbocycles. The summed E-state index contributed by atoms with van der Waals surface area (Å²) in [6.45, 7) is 0.654. The number of amides is 2. The van der Waals surface area contributed by atoms with Crippen LogP contribution in [0.4, 0.5) is 16.2 Å². The fourth-order valence-electron chi connectivity index (χ4n) is 4.17. The summed E-state index contributed by atoms with van der Waals surface area (Å²) in [5, 5.41) is 27.2. The average molecular weight is 512 g/mol. The Morgan fingerprint density at radius 1 is 1.28 bits per heavy atom. The second-order valence-corrected chi connectivity index (χ2v) is 9.44. The second kappa shape index (κ2) is 10.3. The maximum Gasteiger partial charge on any atom is 0.414 e. The van der Waals surface area contributed by atoms with Crippen molar-refractivity contribution in [2.24, 2.45) is 0 Å². The lowest BCUT2D eigenvalue weighted by Gasteiger charge is -2.21. The molecule has 3 aromatic rings. The summed E-state index contributed by atoms with van der Waals surface area (Å²) in [5.41, 5.74) is 2.77. The van der Waals surface area contributed by atoms with Crippen LogP contribution in [-0.2, 0) is 9.53 Å². The molecule has 1 fully saturated rings. The standard InChI is InChI=1S/C24H25N5O6S/c1-34-21-5-3-16-22(28-21)15(6-7-26-16)23(32)18(30)10-25-9-14-11-29(24(33)35-14)13-2-4-19-17(8-13)27-20(31)12-36-19/h2-8,14,18,23,25,30,32H,9-12H2,1H3,(H,27,31). The highest BCUT2D eigenvalue weighted by molar-refractivity contribution is 8.00. The average Bonchev–Trinajstić information content (AvgIpc) is 3.27. The number of pyridine rings is 2. The van der Waals surface area contributed by atoms with Crippen molar-refractivity contribution < 1.29 is 29.3 Å². The highest BCUT2D eigenvalue weighted by atomic mass is 32.2. The van der Waals surface area contributed by atoms with Gasteiger partial charge in [0.1, 0.15) is 12.2 Å². The van der Waals surface area contributed by atoms with E-state index in [-0.39, 0.29) is 19.0 Å². The molecule has 2 amide bonds. The Labute approximate surface area is 210 Å². The van der Waals surface area contributed by atoms with E-state index < -0.39 is 24.4 Å². The van der Waals surface area contributed by atoms with Gasteiger partial charge in [0.25, 0.3) is 0 Å². The number of thioether (sulfide) groups is 1. The van der Waals surface area contributed by atoms with Crippen molar-refractivity contribution in [2.75, 3.05) is 42.7 Å². The van der Waals surface area contributed by atoms with E-state index in [1.165, 1.54) is 23.8 Å². The van der Waals surface area contributed by atoms with Crippen molar-refractivity contribution >= 4 is 46.2 Å². The number of cyclic esters (lactones) is 1. The molecule has 0 radical (unpaired) electrons. The molecule has 36 heavy (non-hydrogen) atoms.